The Hall–Kier alpha value is -2.57. The van der Waals surface area contributed by atoms with Crippen LogP contribution in [0, 0.1) is 0 Å². The van der Waals surface area contributed by atoms with E-state index in [-0.39, 0.29) is 22.8 Å². The first-order valence-corrected chi connectivity index (χ1v) is 8.35. The van der Waals surface area contributed by atoms with E-state index < -0.39 is 24.5 Å². The normalized spacial score (nSPS) is 10.1. The van der Waals surface area contributed by atoms with Gasteiger partial charge in [0.2, 0.25) is 5.78 Å². The standard InChI is InChI=1S/C18H15Cl2NO5/c1-2-25-18(24)21-13-6-3-11(4-7-13)17(23)26-10-16(22)14-8-5-12(19)9-15(14)20/h3-9H,2,10H2,1H3,(H,21,24). The molecule has 1 N–H and O–H groups in total. The summed E-state index contributed by atoms with van der Waals surface area (Å²) in [5.41, 5.74) is 0.913. The Morgan fingerprint density at radius 1 is 1.00 bits per heavy atom. The Morgan fingerprint density at radius 3 is 2.31 bits per heavy atom. The maximum Gasteiger partial charge on any atom is 0.411 e. The molecule has 0 aliphatic carbocycles. The summed E-state index contributed by atoms with van der Waals surface area (Å²) in [7, 11) is 0. The van der Waals surface area contributed by atoms with Gasteiger partial charge in [0.1, 0.15) is 0 Å². The molecule has 2 aromatic rings. The van der Waals surface area contributed by atoms with Gasteiger partial charge in [-0.05, 0) is 49.4 Å². The quantitative estimate of drug-likeness (QED) is 0.570. The number of hydrogen-bond acceptors (Lipinski definition) is 5. The van der Waals surface area contributed by atoms with Gasteiger partial charge >= 0.3 is 12.1 Å². The van der Waals surface area contributed by atoms with Crippen LogP contribution < -0.4 is 5.32 Å². The Balaban J connectivity index is 1.93. The molecule has 1 amide bonds. The van der Waals surface area contributed by atoms with Crippen molar-refractivity contribution in [1.29, 1.82) is 0 Å². The summed E-state index contributed by atoms with van der Waals surface area (Å²) in [6.45, 7) is 1.49. The number of carbonyl (C=O) groups excluding carboxylic acids is 3. The van der Waals surface area contributed by atoms with Gasteiger partial charge in [-0.15, -0.1) is 0 Å². The fraction of sp³-hybridized carbons (Fsp3) is 0.167. The van der Waals surface area contributed by atoms with E-state index in [1.807, 2.05) is 0 Å². The SMILES string of the molecule is CCOC(=O)Nc1ccc(C(=O)OCC(=O)c2ccc(Cl)cc2Cl)cc1. The highest BCUT2D eigenvalue weighted by atomic mass is 35.5. The van der Waals surface area contributed by atoms with Gasteiger partial charge in [0, 0.05) is 16.3 Å². The van der Waals surface area contributed by atoms with E-state index in [0.29, 0.717) is 10.7 Å². The van der Waals surface area contributed by atoms with Crippen molar-refractivity contribution >= 4 is 46.7 Å². The first kappa shape index (κ1) is 19.8. The largest absolute Gasteiger partial charge is 0.454 e. The Bertz CT molecular complexity index is 821. The van der Waals surface area contributed by atoms with Gasteiger partial charge in [0.25, 0.3) is 0 Å². The van der Waals surface area contributed by atoms with Crippen LogP contribution in [0.15, 0.2) is 42.5 Å². The number of ether oxygens (including phenoxy) is 2. The molecule has 0 atom stereocenters. The Kier molecular flexibility index (Phi) is 7.00. The fourth-order valence-corrected chi connectivity index (χ4v) is 2.50. The van der Waals surface area contributed by atoms with E-state index >= 15 is 0 Å². The minimum absolute atomic E-state index is 0.188. The molecule has 0 saturated heterocycles. The molecule has 6 nitrogen and oxygen atoms in total. The molecule has 0 spiro atoms. The smallest absolute Gasteiger partial charge is 0.411 e. The highest BCUT2D eigenvalue weighted by Crippen LogP contribution is 2.21. The highest BCUT2D eigenvalue weighted by Gasteiger charge is 2.15. The number of halogens is 2. The molecule has 0 saturated carbocycles. The van der Waals surface area contributed by atoms with Crippen LogP contribution in [0.2, 0.25) is 10.0 Å². The molecule has 0 aliphatic heterocycles. The average Bonchev–Trinajstić information content (AvgIpc) is 2.60. The van der Waals surface area contributed by atoms with Crippen molar-refractivity contribution in [1.82, 2.24) is 0 Å². The number of esters is 1. The van der Waals surface area contributed by atoms with E-state index in [4.69, 9.17) is 32.7 Å². The zero-order chi connectivity index (χ0) is 19.1. The van der Waals surface area contributed by atoms with Gasteiger partial charge in [-0.2, -0.15) is 0 Å². The van der Waals surface area contributed by atoms with Crippen molar-refractivity contribution in [2.45, 2.75) is 6.92 Å². The van der Waals surface area contributed by atoms with E-state index in [1.165, 1.54) is 42.5 Å². The van der Waals surface area contributed by atoms with Crippen LogP contribution >= 0.6 is 23.2 Å². The summed E-state index contributed by atoms with van der Waals surface area (Å²) in [5.74, 6) is -1.12. The number of amides is 1. The van der Waals surface area contributed by atoms with Crippen molar-refractivity contribution in [3.8, 4) is 0 Å². The molecular weight excluding hydrogens is 381 g/mol. The van der Waals surface area contributed by atoms with E-state index in [2.05, 4.69) is 5.32 Å². The molecule has 0 aliphatic rings. The third-order valence-corrected chi connectivity index (χ3v) is 3.76. The minimum atomic E-state index is -0.675. The van der Waals surface area contributed by atoms with Gasteiger partial charge in [-0.25, -0.2) is 9.59 Å². The molecule has 0 radical (unpaired) electrons. The zero-order valence-electron chi connectivity index (χ0n) is 13.8. The molecule has 8 heteroatoms. The van der Waals surface area contributed by atoms with Crippen LogP contribution in [0.1, 0.15) is 27.6 Å². The molecule has 26 heavy (non-hydrogen) atoms. The van der Waals surface area contributed by atoms with E-state index in [9.17, 15) is 14.4 Å². The molecule has 2 aromatic carbocycles. The molecule has 0 bridgehead atoms. The van der Waals surface area contributed by atoms with Crippen LogP contribution in [0.5, 0.6) is 0 Å². The number of carbonyl (C=O) groups is 3. The summed E-state index contributed by atoms with van der Waals surface area (Å²) >= 11 is 11.7. The lowest BCUT2D eigenvalue weighted by Crippen LogP contribution is -2.15. The van der Waals surface area contributed by atoms with Crippen molar-refractivity contribution in [2.24, 2.45) is 0 Å². The minimum Gasteiger partial charge on any atom is -0.454 e. The average molecular weight is 396 g/mol. The Labute approximate surface area is 160 Å². The van der Waals surface area contributed by atoms with E-state index in [0.717, 1.165) is 0 Å². The Morgan fingerprint density at radius 2 is 1.69 bits per heavy atom. The van der Waals surface area contributed by atoms with Crippen molar-refractivity contribution < 1.29 is 23.9 Å². The number of hydrogen-bond donors (Lipinski definition) is 1. The van der Waals surface area contributed by atoms with Crippen LogP contribution in [-0.4, -0.2) is 31.1 Å². The summed E-state index contributed by atoms with van der Waals surface area (Å²) in [6.07, 6.45) is -0.590. The number of ketones is 1. The second-order valence-corrected chi connectivity index (χ2v) is 5.89. The maximum atomic E-state index is 12.1. The first-order valence-electron chi connectivity index (χ1n) is 7.60. The number of nitrogens with one attached hydrogen (secondary N) is 1. The second-order valence-electron chi connectivity index (χ2n) is 5.05. The molecule has 2 rings (SSSR count). The lowest BCUT2D eigenvalue weighted by molar-refractivity contribution is 0.0475. The van der Waals surface area contributed by atoms with Gasteiger partial charge in [0.15, 0.2) is 6.61 Å². The number of benzene rings is 2. The summed E-state index contributed by atoms with van der Waals surface area (Å²) in [4.78, 5) is 35.4. The van der Waals surface area contributed by atoms with E-state index in [1.54, 1.807) is 6.92 Å². The molecular formula is C18H15Cl2NO5. The van der Waals surface area contributed by atoms with Gasteiger partial charge in [0.05, 0.1) is 17.2 Å². The predicted molar refractivity (Wildman–Crippen MR) is 98.2 cm³/mol. The lowest BCUT2D eigenvalue weighted by Gasteiger charge is -2.08. The molecule has 0 heterocycles. The third kappa shape index (κ3) is 5.47. The second kappa shape index (κ2) is 9.22. The van der Waals surface area contributed by atoms with Gasteiger partial charge in [-0.3, -0.25) is 10.1 Å². The number of Topliss-reactive ketones (excluding diaryl/α,β-unsaturated/α-hetero) is 1. The number of anilines is 1. The first-order chi connectivity index (χ1) is 12.4. The molecule has 0 unspecified atom stereocenters. The summed E-state index contributed by atoms with van der Waals surface area (Å²) < 4.78 is 9.75. The topological polar surface area (TPSA) is 81.7 Å². The lowest BCUT2D eigenvalue weighted by atomic mass is 10.1. The highest BCUT2D eigenvalue weighted by molar-refractivity contribution is 6.36. The number of rotatable bonds is 6. The predicted octanol–water partition coefficient (Wildman–Crippen LogP) is 4.60. The fourth-order valence-electron chi connectivity index (χ4n) is 1.98. The maximum absolute atomic E-state index is 12.1. The third-order valence-electron chi connectivity index (χ3n) is 3.21. The van der Waals surface area contributed by atoms with Crippen LogP contribution in [0.3, 0.4) is 0 Å². The van der Waals surface area contributed by atoms with Crippen molar-refractivity contribution in [3.63, 3.8) is 0 Å². The van der Waals surface area contributed by atoms with Gasteiger partial charge < -0.3 is 9.47 Å². The molecule has 0 aromatic heterocycles. The summed E-state index contributed by atoms with van der Waals surface area (Å²) in [5, 5.41) is 3.09. The van der Waals surface area contributed by atoms with Crippen LogP contribution in [0.4, 0.5) is 10.5 Å². The van der Waals surface area contributed by atoms with Crippen molar-refractivity contribution in [2.75, 3.05) is 18.5 Å². The zero-order valence-corrected chi connectivity index (χ0v) is 15.3. The van der Waals surface area contributed by atoms with Crippen LogP contribution in [0.25, 0.3) is 0 Å². The van der Waals surface area contributed by atoms with Crippen molar-refractivity contribution in [3.05, 3.63) is 63.6 Å². The monoisotopic (exact) mass is 395 g/mol. The summed E-state index contributed by atoms with van der Waals surface area (Å²) in [6, 6.07) is 10.4. The van der Waals surface area contributed by atoms with Crippen LogP contribution in [-0.2, 0) is 9.47 Å². The van der Waals surface area contributed by atoms with Gasteiger partial charge in [-0.1, -0.05) is 23.2 Å². The molecule has 136 valence electrons. The molecule has 0 fully saturated rings.